The van der Waals surface area contributed by atoms with Gasteiger partial charge >= 0.3 is 0 Å². The molecule has 1 N–H and O–H groups in total. The van der Waals surface area contributed by atoms with E-state index in [0.29, 0.717) is 5.92 Å². The van der Waals surface area contributed by atoms with Crippen LogP contribution in [0.4, 0.5) is 0 Å². The average molecular weight is 252 g/mol. The molecule has 2 fully saturated rings. The summed E-state index contributed by atoms with van der Waals surface area (Å²) < 4.78 is 11.5. The quantitative estimate of drug-likeness (QED) is 0.728. The molecular weight excluding hydrogens is 228 g/mol. The minimum Gasteiger partial charge on any atom is -0.386 e. The normalized spacial score (nSPS) is 39.9. The fourth-order valence-corrected chi connectivity index (χ4v) is 3.76. The first kappa shape index (κ1) is 12.6. The number of ether oxygens (including phenoxy) is 2. The summed E-state index contributed by atoms with van der Waals surface area (Å²) in [6.07, 6.45) is 11.3. The summed E-state index contributed by atoms with van der Waals surface area (Å²) in [4.78, 5) is 0. The molecule has 2 atom stereocenters. The maximum atomic E-state index is 10.8. The average Bonchev–Trinajstić information content (AvgIpc) is 2.41. The molecule has 2 aliphatic heterocycles. The fourth-order valence-electron chi connectivity index (χ4n) is 3.76. The van der Waals surface area contributed by atoms with Gasteiger partial charge in [0, 0.05) is 19.8 Å². The highest BCUT2D eigenvalue weighted by Gasteiger charge is 2.45. The van der Waals surface area contributed by atoms with Gasteiger partial charge in [0.15, 0.2) is 0 Å². The van der Waals surface area contributed by atoms with E-state index >= 15 is 0 Å². The number of allylic oxidation sites excluding steroid dienone is 1. The van der Waals surface area contributed by atoms with Crippen LogP contribution < -0.4 is 0 Å². The summed E-state index contributed by atoms with van der Waals surface area (Å²) in [5.74, 6) is 0.362. The van der Waals surface area contributed by atoms with Crippen molar-refractivity contribution in [2.24, 2.45) is 5.92 Å². The Morgan fingerprint density at radius 3 is 2.67 bits per heavy atom. The topological polar surface area (TPSA) is 38.7 Å². The van der Waals surface area contributed by atoms with E-state index in [1.54, 1.807) is 0 Å². The molecule has 3 heteroatoms. The van der Waals surface area contributed by atoms with Crippen LogP contribution >= 0.6 is 0 Å². The SMILES string of the molecule is OC1(C2CCOC3(CCOCC3)C2)C=CCCC1. The molecule has 2 heterocycles. The molecule has 0 radical (unpaired) electrons. The number of hydrogen-bond acceptors (Lipinski definition) is 3. The van der Waals surface area contributed by atoms with Crippen molar-refractivity contribution < 1.29 is 14.6 Å². The zero-order valence-corrected chi connectivity index (χ0v) is 11.1. The van der Waals surface area contributed by atoms with E-state index < -0.39 is 5.60 Å². The van der Waals surface area contributed by atoms with E-state index in [0.717, 1.165) is 64.8 Å². The van der Waals surface area contributed by atoms with Gasteiger partial charge in [0.05, 0.1) is 11.2 Å². The minimum atomic E-state index is -0.576. The second-order valence-electron chi connectivity index (χ2n) is 6.12. The molecule has 3 aliphatic rings. The second kappa shape index (κ2) is 4.95. The van der Waals surface area contributed by atoms with Gasteiger partial charge in [0.1, 0.15) is 0 Å². The molecule has 0 saturated carbocycles. The summed E-state index contributed by atoms with van der Waals surface area (Å²) in [7, 11) is 0. The van der Waals surface area contributed by atoms with Crippen LogP contribution in [0.3, 0.4) is 0 Å². The Labute approximate surface area is 109 Å². The van der Waals surface area contributed by atoms with Crippen LogP contribution in [-0.4, -0.2) is 36.1 Å². The van der Waals surface area contributed by atoms with Crippen molar-refractivity contribution in [2.75, 3.05) is 19.8 Å². The number of rotatable bonds is 1. The molecule has 1 aliphatic carbocycles. The van der Waals surface area contributed by atoms with Gasteiger partial charge < -0.3 is 14.6 Å². The predicted octanol–water partition coefficient (Wildman–Crippen LogP) is 2.43. The van der Waals surface area contributed by atoms with Crippen LogP contribution in [0.25, 0.3) is 0 Å². The van der Waals surface area contributed by atoms with Gasteiger partial charge in [0.25, 0.3) is 0 Å². The lowest BCUT2D eigenvalue weighted by atomic mass is 9.70. The van der Waals surface area contributed by atoms with E-state index in [9.17, 15) is 5.11 Å². The second-order valence-corrected chi connectivity index (χ2v) is 6.12. The Balaban J connectivity index is 1.73. The lowest BCUT2D eigenvalue weighted by Gasteiger charge is -2.48. The molecule has 3 nitrogen and oxygen atoms in total. The summed E-state index contributed by atoms with van der Waals surface area (Å²) in [6.45, 7) is 2.41. The van der Waals surface area contributed by atoms with Crippen LogP contribution in [-0.2, 0) is 9.47 Å². The molecule has 0 amide bonds. The first-order chi connectivity index (χ1) is 8.73. The van der Waals surface area contributed by atoms with Crippen molar-refractivity contribution in [3.05, 3.63) is 12.2 Å². The van der Waals surface area contributed by atoms with Gasteiger partial charge in [0.2, 0.25) is 0 Å². The molecule has 18 heavy (non-hydrogen) atoms. The molecule has 0 aromatic heterocycles. The molecule has 0 aromatic rings. The Morgan fingerprint density at radius 2 is 1.94 bits per heavy atom. The van der Waals surface area contributed by atoms with Crippen LogP contribution in [0.1, 0.15) is 44.9 Å². The Bertz CT molecular complexity index is 314. The van der Waals surface area contributed by atoms with Gasteiger partial charge in [-0.3, -0.25) is 0 Å². The van der Waals surface area contributed by atoms with Crippen molar-refractivity contribution in [1.29, 1.82) is 0 Å². The summed E-state index contributed by atoms with van der Waals surface area (Å²) in [6, 6.07) is 0. The van der Waals surface area contributed by atoms with Gasteiger partial charge in [-0.2, -0.15) is 0 Å². The smallest absolute Gasteiger partial charge is 0.0857 e. The van der Waals surface area contributed by atoms with Gasteiger partial charge in [-0.15, -0.1) is 0 Å². The highest BCUT2D eigenvalue weighted by Crippen LogP contribution is 2.43. The predicted molar refractivity (Wildman–Crippen MR) is 69.4 cm³/mol. The van der Waals surface area contributed by atoms with E-state index in [1.807, 2.05) is 0 Å². The maximum Gasteiger partial charge on any atom is 0.0857 e. The van der Waals surface area contributed by atoms with Gasteiger partial charge in [-0.25, -0.2) is 0 Å². The first-order valence-electron chi connectivity index (χ1n) is 7.34. The maximum absolute atomic E-state index is 10.8. The molecule has 2 unspecified atom stereocenters. The Hall–Kier alpha value is -0.380. The Kier molecular flexibility index (Phi) is 3.48. The molecule has 1 spiro atoms. The van der Waals surface area contributed by atoms with Crippen molar-refractivity contribution >= 4 is 0 Å². The van der Waals surface area contributed by atoms with Gasteiger partial charge in [-0.1, -0.05) is 12.2 Å². The molecular formula is C15H24O3. The standard InChI is InChI=1S/C15H24O3/c16-15(5-2-1-3-6-15)13-4-9-18-14(12-13)7-10-17-11-8-14/h2,5,13,16H,1,3-4,6-12H2. The zero-order chi connectivity index (χ0) is 12.5. The minimum absolute atomic E-state index is 0.0117. The number of hydrogen-bond donors (Lipinski definition) is 1. The summed E-state index contributed by atoms with van der Waals surface area (Å²) in [5.41, 5.74) is -0.588. The Morgan fingerprint density at radius 1 is 1.11 bits per heavy atom. The third-order valence-corrected chi connectivity index (χ3v) is 4.96. The molecule has 0 aromatic carbocycles. The van der Waals surface area contributed by atoms with Crippen molar-refractivity contribution in [3.63, 3.8) is 0 Å². The highest BCUT2D eigenvalue weighted by atomic mass is 16.5. The van der Waals surface area contributed by atoms with E-state index in [-0.39, 0.29) is 5.60 Å². The molecule has 2 saturated heterocycles. The lowest BCUT2D eigenvalue weighted by Crippen LogP contribution is -2.50. The third-order valence-electron chi connectivity index (χ3n) is 4.96. The monoisotopic (exact) mass is 252 g/mol. The highest BCUT2D eigenvalue weighted by molar-refractivity contribution is 5.10. The molecule has 102 valence electrons. The van der Waals surface area contributed by atoms with Crippen LogP contribution in [0, 0.1) is 5.92 Å². The van der Waals surface area contributed by atoms with Crippen molar-refractivity contribution in [1.82, 2.24) is 0 Å². The lowest BCUT2D eigenvalue weighted by molar-refractivity contribution is -0.169. The number of aliphatic hydroxyl groups is 1. The van der Waals surface area contributed by atoms with Gasteiger partial charge in [-0.05, 0) is 50.9 Å². The third kappa shape index (κ3) is 2.36. The van der Waals surface area contributed by atoms with Crippen molar-refractivity contribution in [3.8, 4) is 0 Å². The fraction of sp³-hybridized carbons (Fsp3) is 0.867. The van der Waals surface area contributed by atoms with E-state index in [4.69, 9.17) is 9.47 Å². The molecule has 3 rings (SSSR count). The first-order valence-corrected chi connectivity index (χ1v) is 7.34. The molecule has 0 bridgehead atoms. The van der Waals surface area contributed by atoms with Crippen LogP contribution in [0.2, 0.25) is 0 Å². The summed E-state index contributed by atoms with van der Waals surface area (Å²) in [5, 5.41) is 10.8. The zero-order valence-electron chi connectivity index (χ0n) is 11.1. The summed E-state index contributed by atoms with van der Waals surface area (Å²) >= 11 is 0. The van der Waals surface area contributed by atoms with Crippen LogP contribution in [0.15, 0.2) is 12.2 Å². The van der Waals surface area contributed by atoms with E-state index in [2.05, 4.69) is 12.2 Å². The van der Waals surface area contributed by atoms with Crippen molar-refractivity contribution in [2.45, 2.75) is 56.1 Å². The van der Waals surface area contributed by atoms with E-state index in [1.165, 1.54) is 0 Å². The largest absolute Gasteiger partial charge is 0.386 e. The van der Waals surface area contributed by atoms with Crippen LogP contribution in [0.5, 0.6) is 0 Å².